The topological polar surface area (TPSA) is 26.3 Å². The van der Waals surface area contributed by atoms with Gasteiger partial charge < -0.3 is 4.74 Å². The molecule has 0 unspecified atom stereocenters. The van der Waals surface area contributed by atoms with E-state index in [1.807, 2.05) is 6.08 Å². The molecule has 3 heteroatoms. The van der Waals surface area contributed by atoms with Crippen LogP contribution >= 0.6 is 22.6 Å². The molecule has 0 aromatic carbocycles. The zero-order chi connectivity index (χ0) is 9.23. The Morgan fingerprint density at radius 3 is 2.75 bits per heavy atom. The Morgan fingerprint density at radius 1 is 1.42 bits per heavy atom. The average Bonchev–Trinajstić information content (AvgIpc) is 2.10. The number of carbonyl (C=O) groups excluding carboxylic acids is 1. The molecule has 0 saturated heterocycles. The van der Waals surface area contributed by atoms with Gasteiger partial charge in [0, 0.05) is 6.08 Å². The minimum atomic E-state index is -0.260. The molecular weight excluding hydrogens is 267 g/mol. The van der Waals surface area contributed by atoms with Crippen molar-refractivity contribution in [2.24, 2.45) is 0 Å². The van der Waals surface area contributed by atoms with Crippen molar-refractivity contribution >= 4 is 28.6 Å². The average molecular weight is 282 g/mol. The van der Waals surface area contributed by atoms with Crippen molar-refractivity contribution in [1.29, 1.82) is 0 Å². The van der Waals surface area contributed by atoms with E-state index in [4.69, 9.17) is 0 Å². The predicted molar refractivity (Wildman–Crippen MR) is 58.5 cm³/mol. The van der Waals surface area contributed by atoms with Crippen molar-refractivity contribution < 1.29 is 9.53 Å². The Hall–Kier alpha value is -0.0600. The maximum absolute atomic E-state index is 10.6. The number of methoxy groups -OCH3 is 1. The van der Waals surface area contributed by atoms with Crippen LogP contribution in [-0.4, -0.2) is 17.5 Å². The molecule has 0 rings (SSSR count). The summed E-state index contributed by atoms with van der Waals surface area (Å²) in [6.07, 6.45) is 8.02. The summed E-state index contributed by atoms with van der Waals surface area (Å²) in [6, 6.07) is 0. The minimum Gasteiger partial charge on any atom is -0.466 e. The van der Waals surface area contributed by atoms with Crippen LogP contribution in [-0.2, 0) is 9.53 Å². The van der Waals surface area contributed by atoms with E-state index in [2.05, 4.69) is 27.3 Å². The van der Waals surface area contributed by atoms with Crippen LogP contribution in [0.25, 0.3) is 0 Å². The molecule has 0 aromatic heterocycles. The van der Waals surface area contributed by atoms with Gasteiger partial charge in [-0.2, -0.15) is 0 Å². The Labute approximate surface area is 87.5 Å². The highest BCUT2D eigenvalue weighted by atomic mass is 127. The Kier molecular flexibility index (Phi) is 8.99. The summed E-state index contributed by atoms with van der Waals surface area (Å²) in [7, 11) is 1.39. The molecule has 0 atom stereocenters. The number of carbonyl (C=O) groups is 1. The highest BCUT2D eigenvalue weighted by molar-refractivity contribution is 14.1. The van der Waals surface area contributed by atoms with Crippen molar-refractivity contribution in [1.82, 2.24) is 0 Å². The van der Waals surface area contributed by atoms with Crippen molar-refractivity contribution in [2.75, 3.05) is 11.5 Å². The molecule has 12 heavy (non-hydrogen) atoms. The van der Waals surface area contributed by atoms with Gasteiger partial charge in [-0.25, -0.2) is 4.79 Å². The van der Waals surface area contributed by atoms with Crippen LogP contribution in [0, 0.1) is 0 Å². The Bertz CT molecular complexity index is 143. The molecule has 0 aliphatic heterocycles. The van der Waals surface area contributed by atoms with Gasteiger partial charge in [0.1, 0.15) is 0 Å². The van der Waals surface area contributed by atoms with Crippen molar-refractivity contribution in [3.63, 3.8) is 0 Å². The Balaban J connectivity index is 3.18. The molecule has 0 heterocycles. The number of unbranched alkanes of at least 4 members (excludes halogenated alkanes) is 3. The van der Waals surface area contributed by atoms with Crippen LogP contribution in [0.2, 0.25) is 0 Å². The first-order valence-electron chi connectivity index (χ1n) is 4.11. The maximum atomic E-state index is 10.6. The van der Waals surface area contributed by atoms with Gasteiger partial charge in [-0.15, -0.1) is 0 Å². The van der Waals surface area contributed by atoms with Gasteiger partial charge in [0.05, 0.1) is 7.11 Å². The van der Waals surface area contributed by atoms with E-state index in [1.165, 1.54) is 30.5 Å². The molecule has 0 N–H and O–H groups in total. The molecule has 0 saturated carbocycles. The number of rotatable bonds is 6. The fraction of sp³-hybridized carbons (Fsp3) is 0.667. The van der Waals surface area contributed by atoms with Crippen molar-refractivity contribution in [3.05, 3.63) is 12.2 Å². The number of ether oxygens (including phenoxy) is 1. The summed E-state index contributed by atoms with van der Waals surface area (Å²) in [5.41, 5.74) is 0. The molecule has 0 spiro atoms. The normalized spacial score (nSPS) is 10.5. The first kappa shape index (κ1) is 11.9. The lowest BCUT2D eigenvalue weighted by Gasteiger charge is -1.93. The van der Waals surface area contributed by atoms with Crippen LogP contribution in [0.15, 0.2) is 12.2 Å². The highest BCUT2D eigenvalue weighted by Gasteiger charge is 1.89. The van der Waals surface area contributed by atoms with Gasteiger partial charge in [0.15, 0.2) is 0 Å². The highest BCUT2D eigenvalue weighted by Crippen LogP contribution is 2.02. The first-order chi connectivity index (χ1) is 5.81. The number of hydrogen-bond donors (Lipinski definition) is 0. The zero-order valence-corrected chi connectivity index (χ0v) is 9.54. The fourth-order valence-corrected chi connectivity index (χ4v) is 1.32. The lowest BCUT2D eigenvalue weighted by molar-refractivity contribution is -0.134. The third-order valence-electron chi connectivity index (χ3n) is 1.46. The molecule has 0 aromatic rings. The predicted octanol–water partition coefficient (Wildman–Crippen LogP) is 2.71. The van der Waals surface area contributed by atoms with Crippen LogP contribution in [0.3, 0.4) is 0 Å². The standard InChI is InChI=1S/C9H15IO2/c1-12-9(11)7-5-3-2-4-6-8-10/h5,7H,2-4,6,8H2,1H3/b7-5-. The molecule has 0 bridgehead atoms. The Morgan fingerprint density at radius 2 is 2.17 bits per heavy atom. The fourth-order valence-electron chi connectivity index (χ4n) is 0.781. The van der Waals surface area contributed by atoms with Crippen LogP contribution < -0.4 is 0 Å². The number of alkyl halides is 1. The largest absolute Gasteiger partial charge is 0.466 e. The van der Waals surface area contributed by atoms with Crippen LogP contribution in [0.4, 0.5) is 0 Å². The monoisotopic (exact) mass is 282 g/mol. The first-order valence-corrected chi connectivity index (χ1v) is 5.64. The van der Waals surface area contributed by atoms with Crippen molar-refractivity contribution in [2.45, 2.75) is 25.7 Å². The summed E-state index contributed by atoms with van der Waals surface area (Å²) in [6.45, 7) is 0. The molecule has 0 aliphatic rings. The molecular formula is C9H15IO2. The minimum absolute atomic E-state index is 0.260. The van der Waals surface area contributed by atoms with Gasteiger partial charge in [-0.05, 0) is 23.7 Å². The number of esters is 1. The summed E-state index contributed by atoms with van der Waals surface area (Å²) >= 11 is 2.37. The van der Waals surface area contributed by atoms with Gasteiger partial charge in [0.25, 0.3) is 0 Å². The summed E-state index contributed by atoms with van der Waals surface area (Å²) < 4.78 is 5.67. The van der Waals surface area contributed by atoms with E-state index in [-0.39, 0.29) is 5.97 Å². The van der Waals surface area contributed by atoms with Crippen LogP contribution in [0.5, 0.6) is 0 Å². The molecule has 70 valence electrons. The molecule has 2 nitrogen and oxygen atoms in total. The van der Waals surface area contributed by atoms with E-state index >= 15 is 0 Å². The van der Waals surface area contributed by atoms with E-state index in [1.54, 1.807) is 0 Å². The quantitative estimate of drug-likeness (QED) is 0.246. The summed E-state index contributed by atoms with van der Waals surface area (Å²) in [5, 5.41) is 0. The second-order valence-electron chi connectivity index (χ2n) is 2.46. The van der Waals surface area contributed by atoms with Gasteiger partial charge >= 0.3 is 5.97 Å². The third-order valence-corrected chi connectivity index (χ3v) is 2.22. The maximum Gasteiger partial charge on any atom is 0.330 e. The smallest absolute Gasteiger partial charge is 0.330 e. The van der Waals surface area contributed by atoms with Gasteiger partial charge in [-0.3, -0.25) is 0 Å². The number of hydrogen-bond acceptors (Lipinski definition) is 2. The second kappa shape index (κ2) is 9.03. The molecule has 0 amide bonds. The second-order valence-corrected chi connectivity index (χ2v) is 3.54. The van der Waals surface area contributed by atoms with Gasteiger partial charge in [-0.1, -0.05) is 35.1 Å². The van der Waals surface area contributed by atoms with Gasteiger partial charge in [0.2, 0.25) is 0 Å². The van der Waals surface area contributed by atoms with Crippen molar-refractivity contribution in [3.8, 4) is 0 Å². The number of halogens is 1. The number of allylic oxidation sites excluding steroid dienone is 1. The molecule has 0 fully saturated rings. The third kappa shape index (κ3) is 8.04. The van der Waals surface area contributed by atoms with E-state index in [0.29, 0.717) is 0 Å². The van der Waals surface area contributed by atoms with Crippen LogP contribution in [0.1, 0.15) is 25.7 Å². The van der Waals surface area contributed by atoms with E-state index < -0.39 is 0 Å². The summed E-state index contributed by atoms with van der Waals surface area (Å²) in [4.78, 5) is 10.6. The molecule has 0 radical (unpaired) electrons. The lowest BCUT2D eigenvalue weighted by atomic mass is 10.2. The van der Waals surface area contributed by atoms with E-state index in [9.17, 15) is 4.79 Å². The zero-order valence-electron chi connectivity index (χ0n) is 7.38. The van der Waals surface area contributed by atoms with E-state index in [0.717, 1.165) is 12.8 Å². The lowest BCUT2D eigenvalue weighted by Crippen LogP contribution is -1.93. The SMILES string of the molecule is COC(=O)/C=C\CCCCCI. The summed E-state index contributed by atoms with van der Waals surface area (Å²) in [5.74, 6) is -0.260. The molecule has 0 aliphatic carbocycles.